The van der Waals surface area contributed by atoms with Crippen molar-refractivity contribution in [2.24, 2.45) is 5.11 Å². The van der Waals surface area contributed by atoms with Crippen LogP contribution in [0.3, 0.4) is 0 Å². The van der Waals surface area contributed by atoms with Gasteiger partial charge in [0.25, 0.3) is 0 Å². The number of aromatic nitrogens is 4. The Bertz CT molecular complexity index is 723. The first-order valence-electron chi connectivity index (χ1n) is 6.20. The molecule has 11 nitrogen and oxygen atoms in total. The van der Waals surface area contributed by atoms with Gasteiger partial charge in [0.1, 0.15) is 11.7 Å². The van der Waals surface area contributed by atoms with Gasteiger partial charge in [-0.25, -0.2) is 4.98 Å². The van der Waals surface area contributed by atoms with Crippen LogP contribution in [0.2, 0.25) is 0 Å². The van der Waals surface area contributed by atoms with Gasteiger partial charge in [0.2, 0.25) is 5.95 Å². The molecule has 5 N–H and O–H groups in total. The fourth-order valence-corrected chi connectivity index (χ4v) is 2.40. The van der Waals surface area contributed by atoms with E-state index in [4.69, 9.17) is 21.7 Å². The van der Waals surface area contributed by atoms with Crippen molar-refractivity contribution >= 4 is 22.9 Å². The highest BCUT2D eigenvalue weighted by molar-refractivity contribution is 5.82. The maximum Gasteiger partial charge on any atom is 0.224 e. The van der Waals surface area contributed by atoms with E-state index < -0.39 is 18.4 Å². The minimum absolute atomic E-state index is 0.0325. The molecule has 0 bridgehead atoms. The highest BCUT2D eigenvalue weighted by Crippen LogP contribution is 2.33. The molecule has 0 spiro atoms. The Morgan fingerprint density at radius 3 is 3.05 bits per heavy atom. The van der Waals surface area contributed by atoms with Crippen molar-refractivity contribution in [3.63, 3.8) is 0 Å². The summed E-state index contributed by atoms with van der Waals surface area (Å²) in [5, 5.41) is 12.9. The first-order chi connectivity index (χ1) is 10.1. The normalized spacial score (nSPS) is 25.1. The van der Waals surface area contributed by atoms with E-state index in [1.165, 1.54) is 6.33 Å². The third-order valence-corrected chi connectivity index (χ3v) is 3.36. The van der Waals surface area contributed by atoms with Crippen molar-refractivity contribution in [3.8, 4) is 0 Å². The minimum Gasteiger partial charge on any atom is -0.394 e. The number of aliphatic hydroxyl groups is 1. The van der Waals surface area contributed by atoms with Crippen LogP contribution in [0.25, 0.3) is 21.6 Å². The van der Waals surface area contributed by atoms with Gasteiger partial charge in [0.05, 0.1) is 25.1 Å². The lowest BCUT2D eigenvalue weighted by Crippen LogP contribution is -2.22. The van der Waals surface area contributed by atoms with Crippen molar-refractivity contribution in [3.05, 3.63) is 16.8 Å². The van der Waals surface area contributed by atoms with Crippen LogP contribution in [-0.2, 0) is 4.74 Å². The molecular weight excluding hydrogens is 278 g/mol. The average Bonchev–Trinajstić information content (AvgIpc) is 3.02. The zero-order valence-corrected chi connectivity index (χ0v) is 10.9. The van der Waals surface area contributed by atoms with Crippen LogP contribution in [0, 0.1) is 0 Å². The molecule has 110 valence electrons. The number of ether oxygens (including phenoxy) is 1. The number of hydrogen-bond acceptors (Lipinski definition) is 8. The molecule has 0 aromatic carbocycles. The topological polar surface area (TPSA) is 174 Å². The standard InChI is InChI=1S/C10H13N9O2/c11-8-7-9(16-10(12)15-8)19(3-14-7)6-1-4(17-18-13)5(2-20)21-6/h3-6,20H,1-2H2,(H4,11,12,15,16)/t4-,5+,6+/m1/s1. The van der Waals surface area contributed by atoms with Crippen molar-refractivity contribution in [1.82, 2.24) is 19.5 Å². The summed E-state index contributed by atoms with van der Waals surface area (Å²) in [6, 6.07) is -0.459. The van der Waals surface area contributed by atoms with Crippen LogP contribution in [0.4, 0.5) is 11.8 Å². The molecule has 1 fully saturated rings. The molecule has 1 saturated heterocycles. The van der Waals surface area contributed by atoms with Crippen molar-refractivity contribution in [1.29, 1.82) is 0 Å². The predicted octanol–water partition coefficient (Wildman–Crippen LogP) is -0.0506. The first-order valence-corrected chi connectivity index (χ1v) is 6.20. The number of hydrogen-bond donors (Lipinski definition) is 3. The summed E-state index contributed by atoms with van der Waals surface area (Å²) in [6.45, 7) is -0.244. The maximum atomic E-state index is 9.28. The van der Waals surface area contributed by atoms with Crippen LogP contribution in [0.15, 0.2) is 11.4 Å². The Kier molecular flexibility index (Phi) is 3.22. The number of anilines is 2. The third kappa shape index (κ3) is 2.18. The number of nitrogen functional groups attached to an aromatic ring is 2. The van der Waals surface area contributed by atoms with Gasteiger partial charge in [0, 0.05) is 11.3 Å². The quantitative estimate of drug-likeness (QED) is 0.403. The Hall–Kier alpha value is -2.62. The second-order valence-electron chi connectivity index (χ2n) is 4.61. The smallest absolute Gasteiger partial charge is 0.224 e. The third-order valence-electron chi connectivity index (χ3n) is 3.36. The number of imidazole rings is 1. The number of azide groups is 1. The maximum absolute atomic E-state index is 9.28. The van der Waals surface area contributed by atoms with Gasteiger partial charge >= 0.3 is 0 Å². The van der Waals surface area contributed by atoms with Crippen molar-refractivity contribution in [2.75, 3.05) is 18.1 Å². The number of nitrogens with zero attached hydrogens (tertiary/aromatic N) is 7. The summed E-state index contributed by atoms with van der Waals surface area (Å²) in [7, 11) is 0. The van der Waals surface area contributed by atoms with E-state index in [9.17, 15) is 5.11 Å². The SMILES string of the molecule is [N-]=[N+]=N[C@@H]1C[C@@H](n2cnc3c(N)nc(N)nc32)O[C@H]1CO. The molecule has 3 rings (SSSR count). The predicted molar refractivity (Wildman–Crippen MR) is 72.7 cm³/mol. The monoisotopic (exact) mass is 291 g/mol. The van der Waals surface area contributed by atoms with Gasteiger partial charge in [-0.3, -0.25) is 4.57 Å². The van der Waals surface area contributed by atoms with Gasteiger partial charge in [-0.2, -0.15) is 9.97 Å². The average molecular weight is 291 g/mol. The number of rotatable bonds is 3. The Balaban J connectivity index is 2.00. The molecule has 0 radical (unpaired) electrons. The molecule has 3 atom stereocenters. The lowest BCUT2D eigenvalue weighted by Gasteiger charge is -2.14. The molecule has 3 heterocycles. The molecule has 11 heteroatoms. The van der Waals surface area contributed by atoms with E-state index >= 15 is 0 Å². The van der Waals surface area contributed by atoms with Gasteiger partial charge in [-0.05, 0) is 5.53 Å². The fraction of sp³-hybridized carbons (Fsp3) is 0.500. The molecule has 21 heavy (non-hydrogen) atoms. The highest BCUT2D eigenvalue weighted by atomic mass is 16.5. The van der Waals surface area contributed by atoms with E-state index in [2.05, 4.69) is 25.0 Å². The Labute approximate surface area is 118 Å². The van der Waals surface area contributed by atoms with E-state index in [0.717, 1.165) is 0 Å². The molecule has 0 unspecified atom stereocenters. The van der Waals surface area contributed by atoms with E-state index in [0.29, 0.717) is 17.6 Å². The number of fused-ring (bicyclic) bond motifs is 1. The molecule has 1 aliphatic rings. The number of nitrogens with two attached hydrogens (primary N) is 2. The van der Waals surface area contributed by atoms with Crippen molar-refractivity contribution < 1.29 is 9.84 Å². The summed E-state index contributed by atoms with van der Waals surface area (Å²) < 4.78 is 7.31. The van der Waals surface area contributed by atoms with E-state index in [-0.39, 0.29) is 18.4 Å². The van der Waals surface area contributed by atoms with Crippen LogP contribution < -0.4 is 11.5 Å². The van der Waals surface area contributed by atoms with Crippen LogP contribution >= 0.6 is 0 Å². The first kappa shape index (κ1) is 13.4. The molecule has 0 amide bonds. The zero-order valence-electron chi connectivity index (χ0n) is 10.9. The van der Waals surface area contributed by atoms with Crippen molar-refractivity contribution in [2.45, 2.75) is 24.8 Å². The molecule has 1 aliphatic heterocycles. The molecule has 2 aromatic rings. The van der Waals surface area contributed by atoms with E-state index in [1.807, 2.05) is 0 Å². The van der Waals surface area contributed by atoms with Gasteiger partial charge in [0.15, 0.2) is 11.5 Å². The highest BCUT2D eigenvalue weighted by Gasteiger charge is 2.36. The Morgan fingerprint density at radius 1 is 1.52 bits per heavy atom. The fourth-order valence-electron chi connectivity index (χ4n) is 2.40. The largest absolute Gasteiger partial charge is 0.394 e. The second-order valence-corrected chi connectivity index (χ2v) is 4.61. The lowest BCUT2D eigenvalue weighted by atomic mass is 10.1. The van der Waals surface area contributed by atoms with Crippen LogP contribution in [0.5, 0.6) is 0 Å². The zero-order chi connectivity index (χ0) is 15.0. The van der Waals surface area contributed by atoms with Gasteiger partial charge in [-0.15, -0.1) is 0 Å². The Morgan fingerprint density at radius 2 is 2.33 bits per heavy atom. The summed E-state index contributed by atoms with van der Waals surface area (Å²) in [5.74, 6) is 0.213. The summed E-state index contributed by atoms with van der Waals surface area (Å²) >= 11 is 0. The molecular formula is C10H13N9O2. The molecule has 0 aliphatic carbocycles. The van der Waals surface area contributed by atoms with Crippen LogP contribution in [-0.4, -0.2) is 43.4 Å². The minimum atomic E-state index is -0.570. The van der Waals surface area contributed by atoms with Crippen LogP contribution in [0.1, 0.15) is 12.6 Å². The number of aliphatic hydroxyl groups excluding tert-OH is 1. The summed E-state index contributed by atoms with van der Waals surface area (Å²) in [6.07, 6.45) is 0.855. The van der Waals surface area contributed by atoms with Gasteiger partial charge in [-0.1, -0.05) is 5.11 Å². The summed E-state index contributed by atoms with van der Waals surface area (Å²) in [5.41, 5.74) is 20.7. The summed E-state index contributed by atoms with van der Waals surface area (Å²) in [4.78, 5) is 14.8. The molecule has 2 aromatic heterocycles. The molecule has 0 saturated carbocycles. The van der Waals surface area contributed by atoms with E-state index in [1.54, 1.807) is 4.57 Å². The van der Waals surface area contributed by atoms with Gasteiger partial charge < -0.3 is 21.3 Å². The lowest BCUT2D eigenvalue weighted by molar-refractivity contribution is -0.0232. The second kappa shape index (κ2) is 5.05.